The molecule has 5 aromatic carbocycles. The van der Waals surface area contributed by atoms with Crippen molar-refractivity contribution in [2.75, 3.05) is 147 Å². The number of nitrogens with zero attached hydrogens (tertiary/aromatic N) is 2. The zero-order chi connectivity index (χ0) is 66.5. The molecule has 0 bridgehead atoms. The number of hydrogen-bond acceptors (Lipinski definition) is 23. The molecule has 27 heteroatoms. The van der Waals surface area contributed by atoms with Gasteiger partial charge in [0.15, 0.2) is 0 Å². The summed E-state index contributed by atoms with van der Waals surface area (Å²) in [5, 5.41) is 76.9. The minimum atomic E-state index is -1.68. The van der Waals surface area contributed by atoms with Crippen molar-refractivity contribution >= 4 is 80.1 Å². The number of amides is 2. The normalized spacial score (nSPS) is 24.5. The second-order valence-corrected chi connectivity index (χ2v) is 23.2. The third kappa shape index (κ3) is 18.3. The van der Waals surface area contributed by atoms with Crippen LogP contribution in [-0.2, 0) is 57.1 Å². The van der Waals surface area contributed by atoms with Crippen molar-refractivity contribution in [2.24, 2.45) is 5.90 Å². The van der Waals surface area contributed by atoms with E-state index in [9.17, 15) is 45.3 Å². The van der Waals surface area contributed by atoms with Gasteiger partial charge < -0.3 is 107 Å². The lowest BCUT2D eigenvalue weighted by Gasteiger charge is -2.40. The highest BCUT2D eigenvalue weighted by molar-refractivity contribution is 6.20. The molecule has 2 fully saturated rings. The minimum Gasteiger partial charge on any atom is -0.491 e. The largest absolute Gasteiger partial charge is 0.491 e. The highest BCUT2D eigenvalue weighted by Crippen LogP contribution is 2.48. The number of aliphatic hydroxyl groups is 7. The van der Waals surface area contributed by atoms with Gasteiger partial charge in [0, 0.05) is 77.3 Å². The lowest BCUT2D eigenvalue weighted by molar-refractivity contribution is -0.277. The van der Waals surface area contributed by atoms with Crippen LogP contribution in [0.2, 0.25) is 0 Å². The first kappa shape index (κ1) is 72.6. The van der Waals surface area contributed by atoms with Crippen LogP contribution < -0.4 is 29.9 Å². The van der Waals surface area contributed by atoms with E-state index in [1.165, 1.54) is 12.2 Å². The van der Waals surface area contributed by atoms with Crippen LogP contribution in [0.25, 0.3) is 33.7 Å². The molecule has 4 heterocycles. The molecule has 5 aromatic rings. The maximum atomic E-state index is 14.5. The number of anilines is 2. The molecule has 4 aliphatic heterocycles. The minimum absolute atomic E-state index is 0.0935. The summed E-state index contributed by atoms with van der Waals surface area (Å²) in [6, 6.07) is 23.4. The van der Waals surface area contributed by atoms with Crippen molar-refractivity contribution in [3.8, 4) is 17.2 Å². The summed E-state index contributed by atoms with van der Waals surface area (Å²) in [5.41, 5.74) is 3.76. The first-order valence-corrected chi connectivity index (χ1v) is 32.6. The van der Waals surface area contributed by atoms with Crippen molar-refractivity contribution in [3.63, 3.8) is 0 Å². The number of aliphatic hydroxyl groups excluding tert-OH is 7. The first-order valence-electron chi connectivity index (χ1n) is 31.5. The Hall–Kier alpha value is -5.70. The van der Waals surface area contributed by atoms with Crippen LogP contribution in [0.15, 0.2) is 91.0 Å². The lowest BCUT2D eigenvalue weighted by Crippen LogP contribution is -2.60. The molecule has 0 aliphatic carbocycles. The van der Waals surface area contributed by atoms with Crippen LogP contribution in [0.5, 0.6) is 17.2 Å². The van der Waals surface area contributed by atoms with Crippen LogP contribution >= 0.6 is 23.2 Å². The highest BCUT2D eigenvalue weighted by atomic mass is 35.5. The monoisotopic (exact) mass is 1350 g/mol. The average Bonchev–Trinajstić information content (AvgIpc) is 1.54. The molecule has 2 saturated heterocycles. The van der Waals surface area contributed by atoms with E-state index in [1.807, 2.05) is 36.4 Å². The van der Waals surface area contributed by atoms with E-state index < -0.39 is 73.9 Å². The number of halogens is 2. The molecule has 0 radical (unpaired) electrons. The van der Waals surface area contributed by atoms with E-state index in [0.29, 0.717) is 131 Å². The van der Waals surface area contributed by atoms with Crippen molar-refractivity contribution in [2.45, 2.75) is 86.6 Å². The van der Waals surface area contributed by atoms with Gasteiger partial charge in [-0.3, -0.25) is 9.59 Å². The summed E-state index contributed by atoms with van der Waals surface area (Å²) in [6.45, 7) is 7.29. The molecule has 9 rings (SSSR count). The second-order valence-electron chi connectivity index (χ2n) is 22.6. The molecule has 94 heavy (non-hydrogen) atoms. The Morgan fingerprint density at radius 2 is 0.915 bits per heavy atom. The van der Waals surface area contributed by atoms with Crippen molar-refractivity contribution in [1.29, 1.82) is 0 Å². The Morgan fingerprint density at radius 3 is 1.34 bits per heavy atom. The molecule has 25 nitrogen and oxygen atoms in total. The van der Waals surface area contributed by atoms with Crippen molar-refractivity contribution in [1.82, 2.24) is 0 Å². The summed E-state index contributed by atoms with van der Waals surface area (Å²) < 4.78 is 69.5. The Morgan fingerprint density at radius 1 is 0.511 bits per heavy atom. The van der Waals surface area contributed by atoms with Gasteiger partial charge in [-0.05, 0) is 52.1 Å². The molecule has 0 aromatic heterocycles. The number of alkyl halides is 2. The molecule has 2 amide bonds. The number of benzene rings is 5. The zero-order valence-electron chi connectivity index (χ0n) is 52.3. The molecule has 12 atom stereocenters. The number of fused-ring (bicyclic) bond motifs is 6. The predicted octanol–water partition coefficient (Wildman–Crippen LogP) is 3.92. The summed E-state index contributed by atoms with van der Waals surface area (Å²) in [4.78, 5) is 36.6. The Bertz CT molecular complexity index is 3290. The standard InChI is InChI=1S/C67H85Cl2N3O22/c1-2-51-60(76)62(78)64(80)66(91-51)92-53-34-49-58(47-9-5-3-7-45(47)53)43(36-68)38-71(49)56(74)15-12-41-11-13-42(52(33-41)89-31-29-87-27-25-85-23-21-83-19-17-82-18-20-84-22-24-86-26-28-88-30-32-90-70)14-16-57(75)72-39-44(37-69)59-48-10-6-4-8-46(48)54(35-50(59)72)93-67-65(81)63(79)61(77)55(40-73)94-67/h3-16,33-35,43-44,51,55,60-67,73,76-81H,2,17-32,36-40,70H2,1H3/b15-12+,16-14+/t43-,44-,51-,55-,60-,61-,62+,63+,64-,65-,66?,67-/m1/s1. The van der Waals surface area contributed by atoms with Gasteiger partial charge in [-0.1, -0.05) is 67.6 Å². The molecular weight excluding hydrogens is 1270 g/mol. The highest BCUT2D eigenvalue weighted by Gasteiger charge is 2.47. The van der Waals surface area contributed by atoms with E-state index in [1.54, 1.807) is 71.3 Å². The third-order valence-electron chi connectivity index (χ3n) is 16.5. The second kappa shape index (κ2) is 36.6. The van der Waals surface area contributed by atoms with Crippen molar-refractivity contribution < 1.29 is 107 Å². The fourth-order valence-corrected chi connectivity index (χ4v) is 12.1. The lowest BCUT2D eigenvalue weighted by atomic mass is 9.95. The van der Waals surface area contributed by atoms with Gasteiger partial charge in [-0.2, -0.15) is 0 Å². The van der Waals surface area contributed by atoms with Gasteiger partial charge in [0.1, 0.15) is 66.6 Å². The van der Waals surface area contributed by atoms with Crippen LogP contribution in [0.4, 0.5) is 11.4 Å². The average molecular weight is 1360 g/mol. The first-order chi connectivity index (χ1) is 45.8. The van der Waals surface area contributed by atoms with Gasteiger partial charge in [-0.15, -0.1) is 23.2 Å². The van der Waals surface area contributed by atoms with Crippen LogP contribution in [0, 0.1) is 0 Å². The molecular formula is C67H85Cl2N3O22. The Labute approximate surface area is 554 Å². The fourth-order valence-electron chi connectivity index (χ4n) is 11.6. The molecule has 1 unspecified atom stereocenters. The zero-order valence-corrected chi connectivity index (χ0v) is 53.8. The summed E-state index contributed by atoms with van der Waals surface area (Å²) in [5.74, 6) is 4.86. The summed E-state index contributed by atoms with van der Waals surface area (Å²) in [7, 11) is 0. The number of nitrogens with two attached hydrogens (primary N) is 1. The topological polar surface area (TPSA) is 328 Å². The molecule has 4 aliphatic rings. The van der Waals surface area contributed by atoms with E-state index in [4.69, 9.17) is 85.9 Å². The van der Waals surface area contributed by atoms with Gasteiger partial charge in [0.25, 0.3) is 11.8 Å². The molecule has 0 spiro atoms. The van der Waals surface area contributed by atoms with Crippen LogP contribution in [-0.4, -0.2) is 246 Å². The number of rotatable bonds is 37. The quantitative estimate of drug-likeness (QED) is 0.0121. The third-order valence-corrected chi connectivity index (χ3v) is 17.2. The Balaban J connectivity index is 0.856. The van der Waals surface area contributed by atoms with E-state index in [0.717, 1.165) is 21.9 Å². The van der Waals surface area contributed by atoms with Crippen LogP contribution in [0.3, 0.4) is 0 Å². The van der Waals surface area contributed by atoms with Gasteiger partial charge in [0.2, 0.25) is 12.6 Å². The predicted molar refractivity (Wildman–Crippen MR) is 347 cm³/mol. The van der Waals surface area contributed by atoms with E-state index in [2.05, 4.69) is 4.84 Å². The smallest absolute Gasteiger partial charge is 0.251 e. The van der Waals surface area contributed by atoms with Gasteiger partial charge in [0.05, 0.1) is 123 Å². The SMILES string of the molecule is CC[C@H]1OC(Oc2cc3c(c4ccccc24)[C@H](CCl)CN3C(=O)/C=C/c2ccc(/C=C/C(=O)N3C[C@@H](CCl)c4c3cc(O[C@@H]3O[C@H](CO)[C@@H](O)[C@H](O)[C@H]3O)c3ccccc43)c(OCCOCCOCCOCCOCCOCCOCCOCCON)c2)[C@H](O)[C@@H](O)[C@@H]1O. The molecule has 9 N–H and O–H groups in total. The van der Waals surface area contributed by atoms with Gasteiger partial charge in [-0.25, -0.2) is 5.90 Å². The summed E-state index contributed by atoms with van der Waals surface area (Å²) >= 11 is 13.2. The van der Waals surface area contributed by atoms with Crippen LogP contribution in [0.1, 0.15) is 47.4 Å². The Kier molecular flexibility index (Phi) is 28.2. The number of carbonyl (C=O) groups excluding carboxylic acids is 2. The molecule has 514 valence electrons. The number of carbonyl (C=O) groups is 2. The van der Waals surface area contributed by atoms with Gasteiger partial charge >= 0.3 is 0 Å². The fraction of sp³-hybridized carbons (Fsp3) is 0.522. The number of hydrogen-bond donors (Lipinski definition) is 8. The van der Waals surface area contributed by atoms with Crippen molar-refractivity contribution in [3.05, 3.63) is 113 Å². The van der Waals surface area contributed by atoms with E-state index >= 15 is 0 Å². The summed E-state index contributed by atoms with van der Waals surface area (Å²) in [6.07, 6.45) is -7.75. The maximum Gasteiger partial charge on any atom is 0.251 e. The maximum absolute atomic E-state index is 14.5. The van der Waals surface area contributed by atoms with E-state index in [-0.39, 0.29) is 73.9 Å². The number of ether oxygens (including phenoxy) is 12. The molecule has 0 saturated carbocycles.